The lowest BCUT2D eigenvalue weighted by molar-refractivity contribution is -0.132. The molecule has 0 spiro atoms. The monoisotopic (exact) mass is 408 g/mol. The van der Waals surface area contributed by atoms with Gasteiger partial charge in [-0.15, -0.1) is 10.2 Å². The lowest BCUT2D eigenvalue weighted by atomic mass is 10.2. The molecule has 9 nitrogen and oxygen atoms in total. The molecule has 1 fully saturated rings. The van der Waals surface area contributed by atoms with Gasteiger partial charge < -0.3 is 20.3 Å². The maximum atomic E-state index is 12.8. The number of benzene rings is 1. The molecule has 3 heterocycles. The lowest BCUT2D eigenvalue weighted by Crippen LogP contribution is -2.36. The third-order valence-electron chi connectivity index (χ3n) is 5.18. The van der Waals surface area contributed by atoms with Crippen LogP contribution in [-0.2, 0) is 4.79 Å². The summed E-state index contributed by atoms with van der Waals surface area (Å²) >= 11 is 0. The first-order valence-electron chi connectivity index (χ1n) is 9.94. The highest BCUT2D eigenvalue weighted by molar-refractivity contribution is 5.89. The van der Waals surface area contributed by atoms with Crippen LogP contribution in [0.1, 0.15) is 31.1 Å². The van der Waals surface area contributed by atoms with Crippen molar-refractivity contribution >= 4 is 23.3 Å². The van der Waals surface area contributed by atoms with Gasteiger partial charge in [0, 0.05) is 31.4 Å². The highest BCUT2D eigenvalue weighted by Crippen LogP contribution is 2.31. The molecule has 1 aliphatic heterocycles. The molecule has 3 aromatic rings. The lowest BCUT2D eigenvalue weighted by Gasteiger charge is -2.23. The van der Waals surface area contributed by atoms with E-state index in [2.05, 4.69) is 20.8 Å². The molecule has 9 heteroatoms. The van der Waals surface area contributed by atoms with Crippen molar-refractivity contribution in [2.75, 3.05) is 25.5 Å². The minimum Gasteiger partial charge on any atom is -0.497 e. The zero-order valence-electron chi connectivity index (χ0n) is 16.7. The summed E-state index contributed by atoms with van der Waals surface area (Å²) in [5.41, 5.74) is 1.42. The van der Waals surface area contributed by atoms with Gasteiger partial charge in [0.15, 0.2) is 11.5 Å². The van der Waals surface area contributed by atoms with Crippen LogP contribution >= 0.6 is 0 Å². The third kappa shape index (κ3) is 4.19. The summed E-state index contributed by atoms with van der Waals surface area (Å²) in [5.74, 6) is 1.49. The molecule has 1 atom stereocenters. The molecule has 30 heavy (non-hydrogen) atoms. The van der Waals surface area contributed by atoms with Crippen LogP contribution in [0.2, 0.25) is 0 Å². The summed E-state index contributed by atoms with van der Waals surface area (Å²) in [6.45, 7) is 0.938. The van der Waals surface area contributed by atoms with Crippen molar-refractivity contribution in [3.8, 4) is 5.75 Å². The summed E-state index contributed by atoms with van der Waals surface area (Å²) in [7, 11) is 1.59. The van der Waals surface area contributed by atoms with Crippen molar-refractivity contribution < 1.29 is 14.3 Å². The fourth-order valence-electron chi connectivity index (χ4n) is 3.70. The average molecular weight is 408 g/mol. The molecule has 0 radical (unpaired) electrons. The molecule has 3 amide bonds. The molecule has 0 saturated carbocycles. The predicted octanol–water partition coefficient (Wildman–Crippen LogP) is 2.61. The molecular weight excluding hydrogens is 384 g/mol. The Hall–Kier alpha value is -3.62. The second kappa shape index (κ2) is 8.81. The Morgan fingerprint density at radius 3 is 2.80 bits per heavy atom. The van der Waals surface area contributed by atoms with Crippen LogP contribution in [-0.4, -0.2) is 51.6 Å². The van der Waals surface area contributed by atoms with Gasteiger partial charge in [0.1, 0.15) is 5.75 Å². The van der Waals surface area contributed by atoms with Gasteiger partial charge >= 0.3 is 6.03 Å². The normalized spacial score (nSPS) is 15.9. The molecule has 1 saturated heterocycles. The molecule has 0 unspecified atom stereocenters. The SMILES string of the molecule is COc1ccc(NC(=O)NCCC(=O)N2CCC[C@H]2c2nnc3ccccn23)cc1. The maximum absolute atomic E-state index is 12.8. The number of methoxy groups -OCH3 is 1. The van der Waals surface area contributed by atoms with Gasteiger partial charge in [-0.1, -0.05) is 6.07 Å². The molecule has 2 N–H and O–H groups in total. The van der Waals surface area contributed by atoms with Crippen LogP contribution in [0.25, 0.3) is 5.65 Å². The van der Waals surface area contributed by atoms with E-state index in [9.17, 15) is 9.59 Å². The van der Waals surface area contributed by atoms with Crippen molar-refractivity contribution in [1.29, 1.82) is 0 Å². The van der Waals surface area contributed by atoms with E-state index in [4.69, 9.17) is 4.74 Å². The van der Waals surface area contributed by atoms with Gasteiger partial charge in [-0.3, -0.25) is 9.20 Å². The number of amides is 3. The van der Waals surface area contributed by atoms with Gasteiger partial charge in [-0.05, 0) is 49.2 Å². The number of hydrogen-bond acceptors (Lipinski definition) is 5. The molecule has 1 aliphatic rings. The number of ether oxygens (including phenoxy) is 1. The molecule has 156 valence electrons. The van der Waals surface area contributed by atoms with Gasteiger partial charge in [0.05, 0.1) is 13.2 Å². The zero-order valence-corrected chi connectivity index (χ0v) is 16.7. The Labute approximate surface area is 174 Å². The number of carbonyl (C=O) groups excluding carboxylic acids is 2. The summed E-state index contributed by atoms with van der Waals surface area (Å²) in [5, 5.41) is 14.0. The number of aromatic nitrogens is 3. The number of rotatable bonds is 6. The number of nitrogens with one attached hydrogen (secondary N) is 2. The van der Waals surface area contributed by atoms with Gasteiger partial charge in [-0.25, -0.2) is 4.79 Å². The highest BCUT2D eigenvalue weighted by atomic mass is 16.5. The molecule has 1 aromatic carbocycles. The van der Waals surface area contributed by atoms with E-state index in [0.717, 1.165) is 24.3 Å². The van der Waals surface area contributed by atoms with E-state index >= 15 is 0 Å². The van der Waals surface area contributed by atoms with Crippen LogP contribution in [0.4, 0.5) is 10.5 Å². The standard InChI is InChI=1S/C21H24N6O3/c1-30-16-9-7-15(8-10-16)23-21(29)22-12-11-19(28)26-14-4-5-17(26)20-25-24-18-6-2-3-13-27(18)20/h2-3,6-10,13,17H,4-5,11-12,14H2,1H3,(H2,22,23,29)/t17-/m0/s1. The van der Waals surface area contributed by atoms with Crippen molar-refractivity contribution in [3.63, 3.8) is 0 Å². The van der Waals surface area contributed by atoms with Crippen molar-refractivity contribution in [2.24, 2.45) is 0 Å². The zero-order chi connectivity index (χ0) is 20.9. The van der Waals surface area contributed by atoms with Gasteiger partial charge in [0.25, 0.3) is 0 Å². The Bertz CT molecular complexity index is 1030. The number of urea groups is 1. The number of hydrogen-bond donors (Lipinski definition) is 2. The van der Waals surface area contributed by atoms with Gasteiger partial charge in [-0.2, -0.15) is 0 Å². The summed E-state index contributed by atoms with van der Waals surface area (Å²) < 4.78 is 7.02. The summed E-state index contributed by atoms with van der Waals surface area (Å²) in [6.07, 6.45) is 3.91. The van der Waals surface area contributed by atoms with Crippen LogP contribution in [0, 0.1) is 0 Å². The van der Waals surface area contributed by atoms with Crippen LogP contribution < -0.4 is 15.4 Å². The van der Waals surface area contributed by atoms with E-state index in [1.165, 1.54) is 0 Å². The quantitative estimate of drug-likeness (QED) is 0.653. The van der Waals surface area contributed by atoms with E-state index in [-0.39, 0.29) is 30.9 Å². The number of pyridine rings is 1. The molecule has 2 aromatic heterocycles. The molecule has 4 rings (SSSR count). The predicted molar refractivity (Wildman–Crippen MR) is 111 cm³/mol. The molecule has 0 bridgehead atoms. The largest absolute Gasteiger partial charge is 0.497 e. The number of anilines is 1. The maximum Gasteiger partial charge on any atom is 0.319 e. The first kappa shape index (κ1) is 19.7. The van der Waals surface area contributed by atoms with Crippen LogP contribution in [0.15, 0.2) is 48.7 Å². The first-order valence-corrected chi connectivity index (χ1v) is 9.94. The summed E-state index contributed by atoms with van der Waals surface area (Å²) in [6, 6.07) is 12.3. The van der Waals surface area contributed by atoms with E-state index < -0.39 is 0 Å². The van der Waals surface area contributed by atoms with E-state index in [0.29, 0.717) is 18.0 Å². The summed E-state index contributed by atoms with van der Waals surface area (Å²) in [4.78, 5) is 26.7. The topological polar surface area (TPSA) is 101 Å². The Morgan fingerprint density at radius 2 is 2.00 bits per heavy atom. The van der Waals surface area contributed by atoms with Crippen molar-refractivity contribution in [2.45, 2.75) is 25.3 Å². The smallest absolute Gasteiger partial charge is 0.319 e. The molecule has 0 aliphatic carbocycles. The molecular formula is C21H24N6O3. The number of likely N-dealkylation sites (tertiary alicyclic amines) is 1. The second-order valence-corrected chi connectivity index (χ2v) is 7.09. The minimum absolute atomic E-state index is 0.00470. The van der Waals surface area contributed by atoms with Crippen molar-refractivity contribution in [1.82, 2.24) is 24.8 Å². The Morgan fingerprint density at radius 1 is 1.17 bits per heavy atom. The Kier molecular flexibility index (Phi) is 5.78. The fraction of sp³-hybridized carbons (Fsp3) is 0.333. The van der Waals surface area contributed by atoms with Gasteiger partial charge in [0.2, 0.25) is 5.91 Å². The third-order valence-corrected chi connectivity index (χ3v) is 5.18. The average Bonchev–Trinajstić information content (AvgIpc) is 3.41. The van der Waals surface area contributed by atoms with E-state index in [1.54, 1.807) is 31.4 Å². The number of fused-ring (bicyclic) bond motifs is 1. The number of carbonyl (C=O) groups is 2. The Balaban J connectivity index is 1.30. The fourth-order valence-corrected chi connectivity index (χ4v) is 3.70. The highest BCUT2D eigenvalue weighted by Gasteiger charge is 2.32. The second-order valence-electron chi connectivity index (χ2n) is 7.09. The van der Waals surface area contributed by atoms with E-state index in [1.807, 2.05) is 33.7 Å². The minimum atomic E-state index is -0.352. The van der Waals surface area contributed by atoms with Crippen molar-refractivity contribution in [3.05, 3.63) is 54.5 Å². The van der Waals surface area contributed by atoms with Crippen LogP contribution in [0.3, 0.4) is 0 Å². The first-order chi connectivity index (χ1) is 14.7. The van der Waals surface area contributed by atoms with Crippen LogP contribution in [0.5, 0.6) is 5.75 Å². The number of nitrogens with zero attached hydrogens (tertiary/aromatic N) is 4.